The van der Waals surface area contributed by atoms with Gasteiger partial charge in [0.25, 0.3) is 0 Å². The van der Waals surface area contributed by atoms with Crippen LogP contribution in [0, 0.1) is 6.92 Å². The van der Waals surface area contributed by atoms with Gasteiger partial charge in [-0.3, -0.25) is 4.79 Å². The Kier molecular flexibility index (Phi) is 6.16. The number of hydrogen-bond donors (Lipinski definition) is 4. The Bertz CT molecular complexity index is 562. The van der Waals surface area contributed by atoms with E-state index in [1.54, 1.807) is 12.1 Å². The van der Waals surface area contributed by atoms with Gasteiger partial charge in [-0.25, -0.2) is 9.59 Å². The van der Waals surface area contributed by atoms with Crippen molar-refractivity contribution in [2.45, 2.75) is 25.8 Å². The minimum absolute atomic E-state index is 0.0624. The normalized spacial score (nSPS) is 11.5. The Morgan fingerprint density at radius 2 is 2.05 bits per heavy atom. The maximum absolute atomic E-state index is 11.8. The fourth-order valence-electron chi connectivity index (χ4n) is 1.60. The third kappa shape index (κ3) is 5.82. The minimum Gasteiger partial charge on any atom is -0.480 e. The van der Waals surface area contributed by atoms with Crippen molar-refractivity contribution in [1.82, 2.24) is 5.32 Å². The van der Waals surface area contributed by atoms with Gasteiger partial charge in [-0.05, 0) is 47.0 Å². The van der Waals surface area contributed by atoms with Crippen molar-refractivity contribution >= 4 is 39.5 Å². The van der Waals surface area contributed by atoms with Gasteiger partial charge in [0.05, 0.1) is 5.69 Å². The van der Waals surface area contributed by atoms with Crippen molar-refractivity contribution in [3.8, 4) is 0 Å². The number of aliphatic carboxylic acids is 1. The molecule has 1 unspecified atom stereocenters. The molecule has 0 saturated carbocycles. The minimum atomic E-state index is -1.23. The Morgan fingerprint density at radius 1 is 1.38 bits per heavy atom. The molecule has 0 radical (unpaired) electrons. The summed E-state index contributed by atoms with van der Waals surface area (Å²) < 4.78 is 0.673. The van der Waals surface area contributed by atoms with E-state index in [-0.39, 0.29) is 12.8 Å². The fourth-order valence-corrected chi connectivity index (χ4v) is 1.94. The summed E-state index contributed by atoms with van der Waals surface area (Å²) in [4.78, 5) is 33.5. The number of primary amides is 1. The second-order valence-electron chi connectivity index (χ2n) is 4.48. The van der Waals surface area contributed by atoms with Crippen LogP contribution >= 0.6 is 15.9 Å². The molecule has 0 saturated heterocycles. The number of urea groups is 1. The number of nitrogens with one attached hydrogen (secondary N) is 2. The number of carboxylic acids is 1. The molecule has 8 heteroatoms. The van der Waals surface area contributed by atoms with Crippen molar-refractivity contribution < 1.29 is 19.5 Å². The summed E-state index contributed by atoms with van der Waals surface area (Å²) in [6.45, 7) is 1.86. The Hall–Kier alpha value is -2.09. The van der Waals surface area contributed by atoms with Gasteiger partial charge < -0.3 is 21.5 Å². The lowest BCUT2D eigenvalue weighted by Gasteiger charge is -2.15. The summed E-state index contributed by atoms with van der Waals surface area (Å²) in [6, 6.07) is 3.52. The van der Waals surface area contributed by atoms with Gasteiger partial charge in [0, 0.05) is 10.9 Å². The monoisotopic (exact) mass is 357 g/mol. The number of anilines is 1. The van der Waals surface area contributed by atoms with Crippen LogP contribution in [0.5, 0.6) is 0 Å². The quantitative estimate of drug-likeness (QED) is 0.617. The second-order valence-corrected chi connectivity index (χ2v) is 5.33. The molecule has 0 aliphatic heterocycles. The molecule has 0 bridgehead atoms. The number of halogens is 1. The maximum Gasteiger partial charge on any atom is 0.326 e. The Balaban J connectivity index is 2.67. The molecule has 0 spiro atoms. The fraction of sp³-hybridized carbons (Fsp3) is 0.308. The van der Waals surface area contributed by atoms with E-state index in [0.717, 1.165) is 5.56 Å². The number of hydrogen-bond acceptors (Lipinski definition) is 3. The molecule has 0 fully saturated rings. The number of carboxylic acid groups (broad SMARTS) is 1. The zero-order valence-electron chi connectivity index (χ0n) is 11.4. The van der Waals surface area contributed by atoms with E-state index in [1.807, 2.05) is 13.0 Å². The van der Waals surface area contributed by atoms with Crippen LogP contribution in [0.15, 0.2) is 22.7 Å². The number of carbonyl (C=O) groups is 3. The summed E-state index contributed by atoms with van der Waals surface area (Å²) in [5.41, 5.74) is 6.43. The Morgan fingerprint density at radius 3 is 2.62 bits per heavy atom. The second kappa shape index (κ2) is 7.63. The molecule has 0 heterocycles. The third-order valence-electron chi connectivity index (χ3n) is 2.65. The molecule has 0 aliphatic rings. The Labute approximate surface area is 130 Å². The first kappa shape index (κ1) is 17.0. The number of carbonyl (C=O) groups excluding carboxylic acids is 2. The summed E-state index contributed by atoms with van der Waals surface area (Å²) in [5, 5.41) is 13.8. The number of rotatable bonds is 6. The van der Waals surface area contributed by atoms with E-state index < -0.39 is 23.9 Å². The SMILES string of the molecule is Cc1ccc(Br)c(NC(=O)NC(CCC(N)=O)C(=O)O)c1. The van der Waals surface area contributed by atoms with E-state index in [2.05, 4.69) is 26.6 Å². The molecular weight excluding hydrogens is 342 g/mol. The number of amides is 3. The lowest BCUT2D eigenvalue weighted by molar-refractivity contribution is -0.139. The lowest BCUT2D eigenvalue weighted by atomic mass is 10.1. The predicted octanol–water partition coefficient (Wildman–Crippen LogP) is 1.60. The molecular formula is C13H16BrN3O4. The van der Waals surface area contributed by atoms with Crippen molar-refractivity contribution in [3.05, 3.63) is 28.2 Å². The largest absolute Gasteiger partial charge is 0.480 e. The van der Waals surface area contributed by atoms with Crippen LogP contribution in [0.3, 0.4) is 0 Å². The van der Waals surface area contributed by atoms with Crippen LogP contribution in [0.2, 0.25) is 0 Å². The van der Waals surface area contributed by atoms with E-state index >= 15 is 0 Å². The molecule has 114 valence electrons. The van der Waals surface area contributed by atoms with Crippen LogP contribution in [-0.4, -0.2) is 29.1 Å². The molecule has 7 nitrogen and oxygen atoms in total. The standard InChI is InChI=1S/C13H16BrN3O4/c1-7-2-3-8(14)10(6-7)17-13(21)16-9(12(19)20)4-5-11(15)18/h2-3,6,9H,4-5H2,1H3,(H2,15,18)(H,19,20)(H2,16,17,21). The summed E-state index contributed by atoms with van der Waals surface area (Å²) >= 11 is 3.28. The van der Waals surface area contributed by atoms with Crippen LogP contribution in [0.25, 0.3) is 0 Å². The van der Waals surface area contributed by atoms with Crippen LogP contribution in [-0.2, 0) is 9.59 Å². The maximum atomic E-state index is 11.8. The summed E-state index contributed by atoms with van der Waals surface area (Å²) in [5.74, 6) is -1.85. The molecule has 21 heavy (non-hydrogen) atoms. The summed E-state index contributed by atoms with van der Waals surface area (Å²) in [6.07, 6.45) is -0.182. The molecule has 3 amide bonds. The van der Waals surface area contributed by atoms with E-state index in [1.165, 1.54) is 0 Å². The molecule has 0 aliphatic carbocycles. The van der Waals surface area contributed by atoms with Crippen molar-refractivity contribution in [2.75, 3.05) is 5.32 Å². The predicted molar refractivity (Wildman–Crippen MR) is 80.9 cm³/mol. The van der Waals surface area contributed by atoms with Gasteiger partial charge in [0.15, 0.2) is 0 Å². The van der Waals surface area contributed by atoms with Gasteiger partial charge in [0.2, 0.25) is 5.91 Å². The van der Waals surface area contributed by atoms with E-state index in [0.29, 0.717) is 10.2 Å². The van der Waals surface area contributed by atoms with Crippen LogP contribution < -0.4 is 16.4 Å². The van der Waals surface area contributed by atoms with Crippen molar-refractivity contribution in [1.29, 1.82) is 0 Å². The third-order valence-corrected chi connectivity index (χ3v) is 3.34. The van der Waals surface area contributed by atoms with Gasteiger partial charge >= 0.3 is 12.0 Å². The molecule has 1 rings (SSSR count). The molecule has 1 aromatic carbocycles. The molecule has 1 aromatic rings. The molecule has 1 atom stereocenters. The number of nitrogens with two attached hydrogens (primary N) is 1. The highest BCUT2D eigenvalue weighted by molar-refractivity contribution is 9.10. The van der Waals surface area contributed by atoms with Crippen molar-refractivity contribution in [2.24, 2.45) is 5.73 Å². The van der Waals surface area contributed by atoms with Gasteiger partial charge in [-0.2, -0.15) is 0 Å². The highest BCUT2D eigenvalue weighted by Gasteiger charge is 2.20. The topological polar surface area (TPSA) is 122 Å². The smallest absolute Gasteiger partial charge is 0.326 e. The van der Waals surface area contributed by atoms with Gasteiger partial charge in [0.1, 0.15) is 6.04 Å². The van der Waals surface area contributed by atoms with Crippen molar-refractivity contribution in [3.63, 3.8) is 0 Å². The zero-order valence-corrected chi connectivity index (χ0v) is 12.9. The van der Waals surface area contributed by atoms with Crippen LogP contribution in [0.1, 0.15) is 18.4 Å². The first-order chi connectivity index (χ1) is 9.79. The van der Waals surface area contributed by atoms with Crippen LogP contribution in [0.4, 0.5) is 10.5 Å². The van der Waals surface area contributed by atoms with E-state index in [9.17, 15) is 14.4 Å². The van der Waals surface area contributed by atoms with Gasteiger partial charge in [-0.15, -0.1) is 0 Å². The first-order valence-corrected chi connectivity index (χ1v) is 6.93. The zero-order chi connectivity index (χ0) is 16.0. The molecule has 5 N–H and O–H groups in total. The van der Waals surface area contributed by atoms with E-state index in [4.69, 9.17) is 10.8 Å². The molecule has 0 aromatic heterocycles. The highest BCUT2D eigenvalue weighted by atomic mass is 79.9. The average molecular weight is 358 g/mol. The summed E-state index contributed by atoms with van der Waals surface area (Å²) in [7, 11) is 0. The lowest BCUT2D eigenvalue weighted by Crippen LogP contribution is -2.43. The number of benzene rings is 1. The first-order valence-electron chi connectivity index (χ1n) is 6.14. The van der Waals surface area contributed by atoms with Gasteiger partial charge in [-0.1, -0.05) is 6.07 Å². The average Bonchev–Trinajstić information content (AvgIpc) is 2.38. The number of aryl methyl sites for hydroxylation is 1. The highest BCUT2D eigenvalue weighted by Crippen LogP contribution is 2.23.